The van der Waals surface area contributed by atoms with Gasteiger partial charge in [-0.05, 0) is 36.3 Å². The van der Waals surface area contributed by atoms with Crippen LogP contribution in [0.1, 0.15) is 77.5 Å². The summed E-state index contributed by atoms with van der Waals surface area (Å²) in [5, 5.41) is 2.88. The van der Waals surface area contributed by atoms with Gasteiger partial charge in [0.1, 0.15) is 17.2 Å². The maximum Gasteiger partial charge on any atom is 0.259 e. The second-order valence-electron chi connectivity index (χ2n) is 9.73. The molecule has 0 aliphatic carbocycles. The first kappa shape index (κ1) is 24.2. The SMILES string of the molecule is CC(C)Cn1cc(C(=O)NCC2OCCc3ccccc32)c(=O)c(C(=O)N2CCCCCC2)c1. The van der Waals surface area contributed by atoms with Crippen LogP contribution in [0.5, 0.6) is 0 Å². The van der Waals surface area contributed by atoms with Gasteiger partial charge < -0.3 is 19.5 Å². The highest BCUT2D eigenvalue weighted by Crippen LogP contribution is 2.26. The monoisotopic (exact) mass is 465 g/mol. The third-order valence-electron chi connectivity index (χ3n) is 6.56. The van der Waals surface area contributed by atoms with Crippen LogP contribution in [0.15, 0.2) is 41.5 Å². The third kappa shape index (κ3) is 5.58. The summed E-state index contributed by atoms with van der Waals surface area (Å²) >= 11 is 0. The number of likely N-dealkylation sites (tertiary alicyclic amines) is 1. The van der Waals surface area contributed by atoms with E-state index >= 15 is 0 Å². The Balaban J connectivity index is 1.57. The van der Waals surface area contributed by atoms with Crippen molar-refractivity contribution in [2.45, 2.75) is 58.6 Å². The van der Waals surface area contributed by atoms with Gasteiger partial charge >= 0.3 is 0 Å². The Labute approximate surface area is 201 Å². The fourth-order valence-electron chi connectivity index (χ4n) is 4.84. The molecule has 34 heavy (non-hydrogen) atoms. The van der Waals surface area contributed by atoms with Crippen LogP contribution < -0.4 is 10.7 Å². The molecule has 2 aliphatic heterocycles. The van der Waals surface area contributed by atoms with E-state index in [1.807, 2.05) is 18.2 Å². The summed E-state index contributed by atoms with van der Waals surface area (Å²) in [7, 11) is 0. The maximum atomic E-state index is 13.3. The van der Waals surface area contributed by atoms with Gasteiger partial charge in [0.25, 0.3) is 11.8 Å². The number of aromatic nitrogens is 1. The van der Waals surface area contributed by atoms with Crippen molar-refractivity contribution < 1.29 is 14.3 Å². The number of amides is 2. The molecule has 2 aromatic rings. The predicted molar refractivity (Wildman–Crippen MR) is 131 cm³/mol. The Hall–Kier alpha value is -2.93. The molecule has 1 fully saturated rings. The number of fused-ring (bicyclic) bond motifs is 1. The Morgan fingerprint density at radius 1 is 1.06 bits per heavy atom. The summed E-state index contributed by atoms with van der Waals surface area (Å²) in [6.45, 7) is 6.90. The van der Waals surface area contributed by atoms with E-state index in [0.717, 1.165) is 37.7 Å². The zero-order chi connectivity index (χ0) is 24.1. The number of carbonyl (C=O) groups is 2. The number of benzene rings is 1. The van der Waals surface area contributed by atoms with Gasteiger partial charge in [0.2, 0.25) is 5.43 Å². The largest absolute Gasteiger partial charge is 0.371 e. The minimum absolute atomic E-state index is 0.00502. The van der Waals surface area contributed by atoms with Crippen LogP contribution in [0.2, 0.25) is 0 Å². The lowest BCUT2D eigenvalue weighted by Gasteiger charge is -2.26. The summed E-state index contributed by atoms with van der Waals surface area (Å²) in [5.41, 5.74) is 1.87. The van der Waals surface area contributed by atoms with Gasteiger partial charge in [0.15, 0.2) is 0 Å². The van der Waals surface area contributed by atoms with Crippen molar-refractivity contribution in [2.75, 3.05) is 26.2 Å². The van der Waals surface area contributed by atoms with Crippen LogP contribution in [0.3, 0.4) is 0 Å². The standard InChI is InChI=1S/C27H35N3O4/c1-19(2)16-29-17-22(25(31)23(18-29)27(33)30-12-7-3-4-8-13-30)26(32)28-15-24-21-10-6-5-9-20(21)11-14-34-24/h5-6,9-10,17-19,24H,3-4,7-8,11-16H2,1-2H3,(H,28,32). The molecule has 0 saturated carbocycles. The van der Waals surface area contributed by atoms with Crippen LogP contribution in [0, 0.1) is 5.92 Å². The molecule has 7 nitrogen and oxygen atoms in total. The van der Waals surface area contributed by atoms with Gasteiger partial charge in [0, 0.05) is 38.6 Å². The van der Waals surface area contributed by atoms with E-state index in [0.29, 0.717) is 32.2 Å². The maximum absolute atomic E-state index is 13.3. The number of rotatable bonds is 6. The Morgan fingerprint density at radius 3 is 2.50 bits per heavy atom. The lowest BCUT2D eigenvalue weighted by molar-refractivity contribution is 0.0411. The van der Waals surface area contributed by atoms with Crippen LogP contribution in [-0.2, 0) is 17.7 Å². The van der Waals surface area contributed by atoms with Crippen molar-refractivity contribution in [1.29, 1.82) is 0 Å². The predicted octanol–water partition coefficient (Wildman–Crippen LogP) is 3.56. The van der Waals surface area contributed by atoms with E-state index in [1.54, 1.807) is 21.9 Å². The van der Waals surface area contributed by atoms with E-state index in [2.05, 4.69) is 25.2 Å². The molecular weight excluding hydrogens is 430 g/mol. The molecule has 1 unspecified atom stereocenters. The summed E-state index contributed by atoms with van der Waals surface area (Å²) in [6, 6.07) is 8.06. The van der Waals surface area contributed by atoms with E-state index in [1.165, 1.54) is 5.56 Å². The molecule has 7 heteroatoms. The minimum Gasteiger partial charge on any atom is -0.371 e. The number of nitrogens with one attached hydrogen (secondary N) is 1. The Morgan fingerprint density at radius 2 is 1.76 bits per heavy atom. The molecule has 2 aliphatic rings. The zero-order valence-corrected chi connectivity index (χ0v) is 20.2. The fourth-order valence-corrected chi connectivity index (χ4v) is 4.84. The average Bonchev–Trinajstić information content (AvgIpc) is 3.12. The second-order valence-corrected chi connectivity index (χ2v) is 9.73. The van der Waals surface area contributed by atoms with E-state index in [4.69, 9.17) is 4.74 Å². The highest BCUT2D eigenvalue weighted by atomic mass is 16.5. The smallest absolute Gasteiger partial charge is 0.259 e. The molecular formula is C27H35N3O4. The van der Waals surface area contributed by atoms with Crippen LogP contribution >= 0.6 is 0 Å². The van der Waals surface area contributed by atoms with Gasteiger partial charge in [-0.3, -0.25) is 14.4 Å². The van der Waals surface area contributed by atoms with Crippen molar-refractivity contribution in [3.05, 3.63) is 69.1 Å². The average molecular weight is 466 g/mol. The number of hydrogen-bond acceptors (Lipinski definition) is 4. The Bertz CT molecular complexity index is 1080. The second kappa shape index (κ2) is 11.0. The summed E-state index contributed by atoms with van der Waals surface area (Å²) in [6.07, 6.45) is 7.85. The van der Waals surface area contributed by atoms with Crippen LogP contribution in [-0.4, -0.2) is 47.5 Å². The van der Waals surface area contributed by atoms with Gasteiger partial charge in [-0.15, -0.1) is 0 Å². The van der Waals surface area contributed by atoms with Crippen LogP contribution in [0.4, 0.5) is 0 Å². The van der Waals surface area contributed by atoms with E-state index in [9.17, 15) is 14.4 Å². The molecule has 1 atom stereocenters. The molecule has 4 rings (SSSR count). The van der Waals surface area contributed by atoms with Crippen molar-refractivity contribution in [3.8, 4) is 0 Å². The molecule has 0 spiro atoms. The highest BCUT2D eigenvalue weighted by Gasteiger charge is 2.26. The Kier molecular flexibility index (Phi) is 7.83. The third-order valence-corrected chi connectivity index (χ3v) is 6.56. The van der Waals surface area contributed by atoms with Crippen molar-refractivity contribution in [2.24, 2.45) is 5.92 Å². The molecule has 0 radical (unpaired) electrons. The normalized spacial score (nSPS) is 18.3. The molecule has 0 bridgehead atoms. The van der Waals surface area contributed by atoms with Gasteiger partial charge in [-0.2, -0.15) is 0 Å². The number of pyridine rings is 1. The van der Waals surface area contributed by atoms with Crippen molar-refractivity contribution in [3.63, 3.8) is 0 Å². The number of nitrogens with zero attached hydrogens (tertiary/aromatic N) is 2. The zero-order valence-electron chi connectivity index (χ0n) is 20.2. The number of carbonyl (C=O) groups excluding carboxylic acids is 2. The first-order chi connectivity index (χ1) is 16.4. The molecule has 1 aromatic carbocycles. The summed E-state index contributed by atoms with van der Waals surface area (Å²) in [4.78, 5) is 41.5. The molecule has 1 aromatic heterocycles. The van der Waals surface area contributed by atoms with Crippen molar-refractivity contribution in [1.82, 2.24) is 14.8 Å². The van der Waals surface area contributed by atoms with Crippen LogP contribution in [0.25, 0.3) is 0 Å². The van der Waals surface area contributed by atoms with E-state index < -0.39 is 11.3 Å². The summed E-state index contributed by atoms with van der Waals surface area (Å²) < 4.78 is 7.70. The lowest BCUT2D eigenvalue weighted by atomic mass is 9.97. The fraction of sp³-hybridized carbons (Fsp3) is 0.519. The topological polar surface area (TPSA) is 80.6 Å². The minimum atomic E-state index is -0.503. The summed E-state index contributed by atoms with van der Waals surface area (Å²) in [5.74, 6) is -0.449. The molecule has 3 heterocycles. The van der Waals surface area contributed by atoms with Gasteiger partial charge in [-0.25, -0.2) is 0 Å². The molecule has 1 saturated heterocycles. The first-order valence-electron chi connectivity index (χ1n) is 12.4. The molecule has 182 valence electrons. The van der Waals surface area contributed by atoms with Gasteiger partial charge in [-0.1, -0.05) is 51.0 Å². The number of ether oxygens (including phenoxy) is 1. The van der Waals surface area contributed by atoms with E-state index in [-0.39, 0.29) is 29.7 Å². The highest BCUT2D eigenvalue weighted by molar-refractivity contribution is 5.99. The quantitative estimate of drug-likeness (QED) is 0.707. The first-order valence-corrected chi connectivity index (χ1v) is 12.4. The molecule has 2 amide bonds. The van der Waals surface area contributed by atoms with Crippen molar-refractivity contribution >= 4 is 11.8 Å². The number of hydrogen-bond donors (Lipinski definition) is 1. The van der Waals surface area contributed by atoms with Gasteiger partial charge in [0.05, 0.1) is 6.61 Å². The lowest BCUT2D eigenvalue weighted by Crippen LogP contribution is -2.39. The molecule has 1 N–H and O–H groups in total.